The predicted octanol–water partition coefficient (Wildman–Crippen LogP) is 3.14. The lowest BCUT2D eigenvalue weighted by Crippen LogP contribution is -2.53. The normalized spacial score (nSPS) is 21.1. The number of piperidine rings is 1. The van der Waals surface area contributed by atoms with Crippen molar-refractivity contribution in [3.8, 4) is 0 Å². The van der Waals surface area contributed by atoms with E-state index in [9.17, 15) is 13.6 Å². The third-order valence-corrected chi connectivity index (χ3v) is 4.75. The quantitative estimate of drug-likeness (QED) is 0.848. The number of fused-ring (bicyclic) bond motifs is 1. The Morgan fingerprint density at radius 1 is 1.46 bits per heavy atom. The summed E-state index contributed by atoms with van der Waals surface area (Å²) in [4.78, 5) is 16.6. The summed E-state index contributed by atoms with van der Waals surface area (Å²) < 4.78 is 28.7. The lowest BCUT2D eigenvalue weighted by atomic mass is 10.0. The van der Waals surface area contributed by atoms with E-state index in [2.05, 4.69) is 16.9 Å². The van der Waals surface area contributed by atoms with Gasteiger partial charge in [0.2, 0.25) is 5.91 Å². The first-order chi connectivity index (χ1) is 11.4. The number of halogens is 2. The van der Waals surface area contributed by atoms with E-state index >= 15 is 0 Å². The molecule has 4 nitrogen and oxygen atoms in total. The zero-order valence-corrected chi connectivity index (χ0v) is 13.8. The highest BCUT2D eigenvalue weighted by atomic mass is 19.1. The molecule has 0 radical (unpaired) electrons. The number of aromatic amines is 1. The molecule has 1 aliphatic rings. The fourth-order valence-corrected chi connectivity index (χ4v) is 3.35. The number of nitrogens with one attached hydrogen (secondary N) is 2. The molecule has 2 N–H and O–H groups in total. The van der Waals surface area contributed by atoms with Crippen molar-refractivity contribution >= 4 is 22.5 Å². The SMILES string of the molecule is C=CC(=O)N[C@H]1CN(c2c(F)ccc3[nH]c(C)c(C)c23)CC[C@@H]1F. The lowest BCUT2D eigenvalue weighted by Gasteiger charge is -2.37. The topological polar surface area (TPSA) is 48.1 Å². The van der Waals surface area contributed by atoms with Crippen molar-refractivity contribution in [2.45, 2.75) is 32.5 Å². The predicted molar refractivity (Wildman–Crippen MR) is 91.6 cm³/mol. The molecule has 1 aliphatic heterocycles. The average Bonchev–Trinajstić information content (AvgIpc) is 2.85. The minimum absolute atomic E-state index is 0.223. The van der Waals surface area contributed by atoms with E-state index in [-0.39, 0.29) is 18.8 Å². The van der Waals surface area contributed by atoms with E-state index < -0.39 is 18.1 Å². The monoisotopic (exact) mass is 333 g/mol. The molecule has 1 aromatic heterocycles. The fraction of sp³-hybridized carbons (Fsp3) is 0.389. The van der Waals surface area contributed by atoms with Crippen molar-refractivity contribution in [2.75, 3.05) is 18.0 Å². The van der Waals surface area contributed by atoms with Crippen LogP contribution in [0.15, 0.2) is 24.8 Å². The molecule has 24 heavy (non-hydrogen) atoms. The van der Waals surface area contributed by atoms with Gasteiger partial charge < -0.3 is 15.2 Å². The van der Waals surface area contributed by atoms with Gasteiger partial charge in [0, 0.05) is 29.7 Å². The summed E-state index contributed by atoms with van der Waals surface area (Å²) >= 11 is 0. The van der Waals surface area contributed by atoms with Crippen molar-refractivity contribution in [3.05, 3.63) is 41.9 Å². The Morgan fingerprint density at radius 2 is 2.21 bits per heavy atom. The molecule has 1 saturated heterocycles. The number of nitrogens with zero attached hydrogens (tertiary/aromatic N) is 1. The van der Waals surface area contributed by atoms with Crippen LogP contribution >= 0.6 is 0 Å². The summed E-state index contributed by atoms with van der Waals surface area (Å²) in [6.07, 6.45) is 0.203. The first-order valence-corrected chi connectivity index (χ1v) is 8.01. The van der Waals surface area contributed by atoms with E-state index in [4.69, 9.17) is 0 Å². The number of benzene rings is 1. The molecule has 2 aromatic rings. The molecular formula is C18H21F2N3O. The van der Waals surface area contributed by atoms with Crippen LogP contribution in [0.2, 0.25) is 0 Å². The number of hydrogen-bond donors (Lipinski definition) is 2. The first kappa shape index (κ1) is 16.5. The lowest BCUT2D eigenvalue weighted by molar-refractivity contribution is -0.117. The van der Waals surface area contributed by atoms with Crippen molar-refractivity contribution in [3.63, 3.8) is 0 Å². The molecule has 2 atom stereocenters. The van der Waals surface area contributed by atoms with Crippen LogP contribution in [0.25, 0.3) is 10.9 Å². The fourth-order valence-electron chi connectivity index (χ4n) is 3.35. The molecule has 2 heterocycles. The van der Waals surface area contributed by atoms with Gasteiger partial charge in [-0.05, 0) is 44.0 Å². The van der Waals surface area contributed by atoms with Crippen molar-refractivity contribution < 1.29 is 13.6 Å². The number of amides is 1. The van der Waals surface area contributed by atoms with Crippen LogP contribution in [0.1, 0.15) is 17.7 Å². The largest absolute Gasteiger partial charge is 0.366 e. The highest BCUT2D eigenvalue weighted by molar-refractivity contribution is 5.96. The van der Waals surface area contributed by atoms with Crippen LogP contribution < -0.4 is 10.2 Å². The molecule has 0 spiro atoms. The van der Waals surface area contributed by atoms with Gasteiger partial charge in [0.1, 0.15) is 12.0 Å². The first-order valence-electron chi connectivity index (χ1n) is 8.01. The van der Waals surface area contributed by atoms with Crippen molar-refractivity contribution in [2.24, 2.45) is 0 Å². The second kappa shape index (κ2) is 6.26. The summed E-state index contributed by atoms with van der Waals surface area (Å²) in [6.45, 7) is 7.90. The van der Waals surface area contributed by atoms with Gasteiger partial charge in [0.15, 0.2) is 0 Å². The number of alkyl halides is 1. The minimum atomic E-state index is -1.15. The Labute approximate surface area is 139 Å². The second-order valence-corrected chi connectivity index (χ2v) is 6.26. The molecule has 6 heteroatoms. The second-order valence-electron chi connectivity index (χ2n) is 6.26. The molecule has 0 saturated carbocycles. The summed E-state index contributed by atoms with van der Waals surface area (Å²) in [5.41, 5.74) is 3.29. The van der Waals surface area contributed by atoms with E-state index in [0.717, 1.165) is 28.2 Å². The smallest absolute Gasteiger partial charge is 0.243 e. The highest BCUT2D eigenvalue weighted by Crippen LogP contribution is 2.35. The Kier molecular flexibility index (Phi) is 4.30. The van der Waals surface area contributed by atoms with Crippen LogP contribution in [0, 0.1) is 19.7 Å². The van der Waals surface area contributed by atoms with E-state index in [1.807, 2.05) is 18.7 Å². The number of anilines is 1. The van der Waals surface area contributed by atoms with E-state index in [0.29, 0.717) is 12.2 Å². The van der Waals surface area contributed by atoms with Crippen LogP contribution in [-0.2, 0) is 4.79 Å². The average molecular weight is 333 g/mol. The van der Waals surface area contributed by atoms with Crippen LogP contribution in [-0.4, -0.2) is 36.2 Å². The maximum absolute atomic E-state index is 14.6. The molecular weight excluding hydrogens is 312 g/mol. The number of carbonyl (C=O) groups excluding carboxylic acids is 1. The van der Waals surface area contributed by atoms with Gasteiger partial charge in [0.05, 0.1) is 11.7 Å². The Morgan fingerprint density at radius 3 is 2.92 bits per heavy atom. The number of H-pyrrole nitrogens is 1. The highest BCUT2D eigenvalue weighted by Gasteiger charge is 2.32. The van der Waals surface area contributed by atoms with Crippen LogP contribution in [0.4, 0.5) is 14.5 Å². The molecule has 1 aromatic carbocycles. The zero-order chi connectivity index (χ0) is 17.4. The van der Waals surface area contributed by atoms with Gasteiger partial charge in [-0.25, -0.2) is 8.78 Å². The van der Waals surface area contributed by atoms with Crippen molar-refractivity contribution in [1.29, 1.82) is 0 Å². The number of rotatable bonds is 3. The summed E-state index contributed by atoms with van der Waals surface area (Å²) in [5, 5.41) is 3.42. The molecule has 0 bridgehead atoms. The molecule has 0 aliphatic carbocycles. The molecule has 1 fully saturated rings. The van der Waals surface area contributed by atoms with Gasteiger partial charge in [-0.1, -0.05) is 6.58 Å². The number of aromatic nitrogens is 1. The van der Waals surface area contributed by atoms with Crippen LogP contribution in [0.5, 0.6) is 0 Å². The number of carbonyl (C=O) groups is 1. The standard InChI is InChI=1S/C18H21F2N3O/c1-4-16(24)22-15-9-23(8-7-12(15)19)18-13(20)5-6-14-17(18)10(2)11(3)21-14/h4-6,12,15,21H,1,7-9H2,2-3H3,(H,22,24)/t12-,15-/m0/s1. The number of aryl methyl sites for hydroxylation is 2. The number of hydrogen-bond acceptors (Lipinski definition) is 2. The summed E-state index contributed by atoms with van der Waals surface area (Å²) in [6, 6.07) is 2.46. The third-order valence-electron chi connectivity index (χ3n) is 4.75. The Balaban J connectivity index is 1.99. The van der Waals surface area contributed by atoms with Gasteiger partial charge in [-0.2, -0.15) is 0 Å². The molecule has 1 amide bonds. The van der Waals surface area contributed by atoms with Gasteiger partial charge in [-0.15, -0.1) is 0 Å². The molecule has 0 unspecified atom stereocenters. The molecule has 128 valence electrons. The summed E-state index contributed by atoms with van der Waals surface area (Å²) in [5.74, 6) is -0.757. The van der Waals surface area contributed by atoms with Gasteiger partial charge >= 0.3 is 0 Å². The summed E-state index contributed by atoms with van der Waals surface area (Å²) in [7, 11) is 0. The minimum Gasteiger partial charge on any atom is -0.366 e. The maximum atomic E-state index is 14.6. The van der Waals surface area contributed by atoms with E-state index in [1.165, 1.54) is 6.07 Å². The van der Waals surface area contributed by atoms with Gasteiger partial charge in [0.25, 0.3) is 0 Å². The Hall–Kier alpha value is -2.37. The van der Waals surface area contributed by atoms with Crippen molar-refractivity contribution in [1.82, 2.24) is 10.3 Å². The third kappa shape index (κ3) is 2.77. The maximum Gasteiger partial charge on any atom is 0.243 e. The van der Waals surface area contributed by atoms with Gasteiger partial charge in [-0.3, -0.25) is 4.79 Å². The Bertz CT molecular complexity index is 799. The molecule has 3 rings (SSSR count). The van der Waals surface area contributed by atoms with E-state index in [1.54, 1.807) is 6.07 Å². The van der Waals surface area contributed by atoms with Crippen LogP contribution in [0.3, 0.4) is 0 Å². The zero-order valence-electron chi connectivity index (χ0n) is 13.8.